The summed E-state index contributed by atoms with van der Waals surface area (Å²) in [7, 11) is 0.522. The maximum absolute atomic E-state index is 5.90. The molecule has 3 heteroatoms. The summed E-state index contributed by atoms with van der Waals surface area (Å²) in [5.74, 6) is -0.108. The van der Waals surface area contributed by atoms with Crippen LogP contribution in [0.1, 0.15) is 52.0 Å². The third-order valence-corrected chi connectivity index (χ3v) is 4.39. The zero-order chi connectivity index (χ0) is 15.5. The Labute approximate surface area is 132 Å². The van der Waals surface area contributed by atoms with Gasteiger partial charge in [0.1, 0.15) is 5.91 Å². The van der Waals surface area contributed by atoms with Gasteiger partial charge < -0.3 is 9.47 Å². The molecule has 0 saturated heterocycles. The minimum Gasteiger partial charge on any atom is -0.357 e. The lowest BCUT2D eigenvalue weighted by molar-refractivity contribution is -0.0910. The number of unbranched alkanes of at least 4 members (excludes halogenated alkanes) is 2. The van der Waals surface area contributed by atoms with Gasteiger partial charge in [-0.25, -0.2) is 0 Å². The summed E-state index contributed by atoms with van der Waals surface area (Å²) in [4.78, 5) is 0. The van der Waals surface area contributed by atoms with Crippen LogP contribution in [-0.4, -0.2) is 28.6 Å². The Morgan fingerprint density at radius 1 is 1.14 bits per heavy atom. The summed E-state index contributed by atoms with van der Waals surface area (Å²) in [5, 5.41) is 1.27. The zero-order valence-corrected chi connectivity index (χ0v) is 14.7. The largest absolute Gasteiger partial charge is 0.357 e. The Morgan fingerprint density at radius 3 is 2.29 bits per heavy atom. The van der Waals surface area contributed by atoms with Crippen molar-refractivity contribution in [1.82, 2.24) is 0 Å². The van der Waals surface area contributed by atoms with E-state index < -0.39 is 0 Å². The van der Waals surface area contributed by atoms with E-state index >= 15 is 0 Å². The van der Waals surface area contributed by atoms with Crippen LogP contribution >= 0.6 is 0 Å². The maximum atomic E-state index is 5.90. The second-order valence-corrected chi connectivity index (χ2v) is 6.62. The first-order chi connectivity index (χ1) is 10.2. The third kappa shape index (κ3) is 7.60. The molecule has 1 rings (SSSR count). The molecule has 2 radical (unpaired) electrons. The fourth-order valence-electron chi connectivity index (χ4n) is 1.81. The van der Waals surface area contributed by atoms with E-state index in [1.54, 1.807) is 0 Å². The first-order valence-corrected chi connectivity index (χ1v) is 9.00. The lowest BCUT2D eigenvalue weighted by Gasteiger charge is -2.18. The van der Waals surface area contributed by atoms with E-state index in [1.165, 1.54) is 10.8 Å². The molecular formula is C18H28O2Si. The van der Waals surface area contributed by atoms with Crippen molar-refractivity contribution in [3.8, 4) is 0 Å². The first kappa shape index (κ1) is 18.1. The average Bonchev–Trinajstić information content (AvgIpc) is 2.48. The molecule has 0 atom stereocenters. The Morgan fingerprint density at radius 2 is 1.76 bits per heavy atom. The van der Waals surface area contributed by atoms with Crippen LogP contribution in [0, 0.1) is 0 Å². The van der Waals surface area contributed by atoms with Gasteiger partial charge in [0.25, 0.3) is 0 Å². The molecule has 0 saturated carbocycles. The smallest absolute Gasteiger partial charge is 0.157 e. The summed E-state index contributed by atoms with van der Waals surface area (Å²) in [6.45, 7) is 12.0. The van der Waals surface area contributed by atoms with Crippen LogP contribution in [0.15, 0.2) is 30.8 Å². The first-order valence-electron chi connectivity index (χ1n) is 7.93. The minimum atomic E-state index is -0.108. The molecule has 21 heavy (non-hydrogen) atoms. The Kier molecular flexibility index (Phi) is 9.31. The summed E-state index contributed by atoms with van der Waals surface area (Å²) >= 11 is 0. The number of rotatable bonds is 11. The molecule has 0 aromatic heterocycles. The van der Waals surface area contributed by atoms with E-state index in [4.69, 9.17) is 9.47 Å². The Hall–Kier alpha value is -0.903. The minimum absolute atomic E-state index is 0.108. The predicted molar refractivity (Wildman–Crippen MR) is 92.0 cm³/mol. The van der Waals surface area contributed by atoms with Gasteiger partial charge in [-0.15, -0.1) is 0 Å². The lowest BCUT2D eigenvalue weighted by Crippen LogP contribution is -2.33. The topological polar surface area (TPSA) is 18.5 Å². The van der Waals surface area contributed by atoms with Gasteiger partial charge >= 0.3 is 0 Å². The fourth-order valence-corrected chi connectivity index (χ4v) is 2.92. The number of hydrogen-bond donors (Lipinski definition) is 0. The quantitative estimate of drug-likeness (QED) is 0.350. The highest BCUT2D eigenvalue weighted by atomic mass is 28.2. The summed E-state index contributed by atoms with van der Waals surface area (Å²) in [6.07, 6.45) is 4.47. The van der Waals surface area contributed by atoms with Gasteiger partial charge in [-0.1, -0.05) is 68.3 Å². The van der Waals surface area contributed by atoms with Crippen LogP contribution in [0.5, 0.6) is 0 Å². The van der Waals surface area contributed by atoms with E-state index in [-0.39, 0.29) is 5.91 Å². The fraction of sp³-hybridized carbons (Fsp3) is 0.556. The van der Waals surface area contributed by atoms with Crippen molar-refractivity contribution in [2.24, 2.45) is 0 Å². The standard InChI is InChI=1S/C18H28O2Si/c1-5-7-12-19-18(20-13-8-6-2)21-17-11-9-10-16(14-17)15(3)4/h9-11,14,18H,3,5-8,12-13H2,1-2,4H3. The summed E-state index contributed by atoms with van der Waals surface area (Å²) < 4.78 is 11.8. The molecular weight excluding hydrogens is 276 g/mol. The van der Waals surface area contributed by atoms with Gasteiger partial charge in [-0.05, 0) is 25.3 Å². The van der Waals surface area contributed by atoms with Crippen molar-refractivity contribution in [3.63, 3.8) is 0 Å². The number of benzene rings is 1. The maximum Gasteiger partial charge on any atom is 0.157 e. The van der Waals surface area contributed by atoms with Crippen molar-refractivity contribution in [2.75, 3.05) is 13.2 Å². The molecule has 0 bridgehead atoms. The van der Waals surface area contributed by atoms with Crippen LogP contribution < -0.4 is 5.19 Å². The van der Waals surface area contributed by atoms with Crippen LogP contribution in [0.4, 0.5) is 0 Å². The average molecular weight is 305 g/mol. The van der Waals surface area contributed by atoms with E-state index in [1.807, 2.05) is 6.92 Å². The van der Waals surface area contributed by atoms with E-state index in [0.717, 1.165) is 44.5 Å². The van der Waals surface area contributed by atoms with Crippen LogP contribution in [0.25, 0.3) is 5.57 Å². The molecule has 0 fully saturated rings. The molecule has 0 unspecified atom stereocenters. The van der Waals surface area contributed by atoms with E-state index in [0.29, 0.717) is 9.52 Å². The normalized spacial score (nSPS) is 11.0. The van der Waals surface area contributed by atoms with Crippen LogP contribution in [0.2, 0.25) is 0 Å². The van der Waals surface area contributed by atoms with Crippen molar-refractivity contribution in [3.05, 3.63) is 36.4 Å². The number of hydrogen-bond acceptors (Lipinski definition) is 2. The van der Waals surface area contributed by atoms with Gasteiger partial charge in [0.05, 0.1) is 0 Å². The molecule has 1 aromatic rings. The van der Waals surface area contributed by atoms with Crippen molar-refractivity contribution < 1.29 is 9.47 Å². The monoisotopic (exact) mass is 304 g/mol. The van der Waals surface area contributed by atoms with Crippen molar-refractivity contribution in [2.45, 2.75) is 52.4 Å². The SMILES string of the molecule is C=C(C)c1cccc([Si]C(OCCCC)OCCCC)c1. The molecule has 0 aliphatic rings. The Balaban J connectivity index is 2.60. The molecule has 0 N–H and O–H groups in total. The van der Waals surface area contributed by atoms with E-state index in [9.17, 15) is 0 Å². The molecule has 1 aromatic carbocycles. The van der Waals surface area contributed by atoms with Crippen LogP contribution in [-0.2, 0) is 9.47 Å². The predicted octanol–water partition coefficient (Wildman–Crippen LogP) is 3.97. The zero-order valence-electron chi connectivity index (χ0n) is 13.7. The molecule has 0 aliphatic carbocycles. The van der Waals surface area contributed by atoms with Gasteiger partial charge in [0.2, 0.25) is 0 Å². The van der Waals surface area contributed by atoms with Gasteiger partial charge in [0.15, 0.2) is 9.52 Å². The highest BCUT2D eigenvalue weighted by Crippen LogP contribution is 2.09. The molecule has 0 aliphatic heterocycles. The van der Waals surface area contributed by atoms with Crippen molar-refractivity contribution in [1.29, 1.82) is 0 Å². The molecule has 0 heterocycles. The van der Waals surface area contributed by atoms with Crippen LogP contribution in [0.3, 0.4) is 0 Å². The summed E-state index contributed by atoms with van der Waals surface area (Å²) in [6, 6.07) is 8.52. The molecule has 0 amide bonds. The molecule has 0 spiro atoms. The second-order valence-electron chi connectivity index (χ2n) is 5.29. The van der Waals surface area contributed by atoms with E-state index in [2.05, 4.69) is 44.7 Å². The highest BCUT2D eigenvalue weighted by molar-refractivity contribution is 6.54. The summed E-state index contributed by atoms with van der Waals surface area (Å²) in [5.41, 5.74) is 2.29. The molecule has 116 valence electrons. The van der Waals surface area contributed by atoms with Gasteiger partial charge in [0, 0.05) is 13.2 Å². The van der Waals surface area contributed by atoms with Gasteiger partial charge in [-0.2, -0.15) is 0 Å². The third-order valence-electron chi connectivity index (χ3n) is 3.17. The second kappa shape index (κ2) is 10.8. The van der Waals surface area contributed by atoms with Gasteiger partial charge in [-0.3, -0.25) is 0 Å². The number of allylic oxidation sites excluding steroid dienone is 1. The van der Waals surface area contributed by atoms with Crippen molar-refractivity contribution >= 4 is 20.3 Å². The molecule has 2 nitrogen and oxygen atoms in total. The highest BCUT2D eigenvalue weighted by Gasteiger charge is 2.12. The Bertz CT molecular complexity index is 407. The lowest BCUT2D eigenvalue weighted by atomic mass is 10.1. The number of ether oxygens (including phenoxy) is 2.